The first-order chi connectivity index (χ1) is 16.1. The SMILES string of the molecule is O=C(NCC1Cc2ccccc2O1)OCc1ccc(CCNC(=O)c2ccc(F)cc2)cc1. The molecule has 1 aliphatic heterocycles. The molecule has 0 spiro atoms. The third-order valence-corrected chi connectivity index (χ3v) is 5.39. The van der Waals surface area contributed by atoms with Gasteiger partial charge in [0.05, 0.1) is 6.54 Å². The number of halogens is 1. The number of benzene rings is 3. The molecule has 7 heteroatoms. The van der Waals surface area contributed by atoms with Crippen molar-refractivity contribution >= 4 is 12.0 Å². The van der Waals surface area contributed by atoms with Crippen LogP contribution in [0.15, 0.2) is 72.8 Å². The Morgan fingerprint density at radius 1 is 0.939 bits per heavy atom. The second-order valence-electron chi connectivity index (χ2n) is 7.84. The standard InChI is InChI=1S/C26H25FN2O4/c27-22-11-9-20(10-12-22)25(30)28-14-13-18-5-7-19(8-6-18)17-32-26(31)29-16-23-15-21-3-1-2-4-24(21)33-23/h1-12,23H,13-17H2,(H,28,30)(H,29,31). The van der Waals surface area contributed by atoms with E-state index in [4.69, 9.17) is 9.47 Å². The quantitative estimate of drug-likeness (QED) is 0.546. The lowest BCUT2D eigenvalue weighted by Crippen LogP contribution is -2.34. The molecular formula is C26H25FN2O4. The monoisotopic (exact) mass is 448 g/mol. The third-order valence-electron chi connectivity index (χ3n) is 5.39. The molecule has 4 rings (SSSR count). The van der Waals surface area contributed by atoms with Crippen molar-refractivity contribution in [3.8, 4) is 5.75 Å². The molecule has 3 aromatic rings. The summed E-state index contributed by atoms with van der Waals surface area (Å²) in [5.41, 5.74) is 3.48. The summed E-state index contributed by atoms with van der Waals surface area (Å²) in [6.45, 7) is 1.01. The van der Waals surface area contributed by atoms with E-state index in [0.717, 1.165) is 28.9 Å². The molecule has 1 heterocycles. The number of hydrogen-bond donors (Lipinski definition) is 2. The maximum absolute atomic E-state index is 12.9. The fourth-order valence-electron chi connectivity index (χ4n) is 3.59. The van der Waals surface area contributed by atoms with E-state index in [-0.39, 0.29) is 24.4 Å². The molecule has 1 unspecified atom stereocenters. The van der Waals surface area contributed by atoms with Gasteiger partial charge in [0.1, 0.15) is 24.3 Å². The van der Waals surface area contributed by atoms with Crippen LogP contribution in [0.2, 0.25) is 0 Å². The molecule has 170 valence electrons. The van der Waals surface area contributed by atoms with Gasteiger partial charge in [0, 0.05) is 18.5 Å². The zero-order valence-electron chi connectivity index (χ0n) is 18.1. The van der Waals surface area contributed by atoms with E-state index in [2.05, 4.69) is 10.6 Å². The molecule has 0 fully saturated rings. The lowest BCUT2D eigenvalue weighted by atomic mass is 10.1. The minimum Gasteiger partial charge on any atom is -0.488 e. The molecule has 0 bridgehead atoms. The highest BCUT2D eigenvalue weighted by atomic mass is 19.1. The Morgan fingerprint density at radius 2 is 1.67 bits per heavy atom. The number of alkyl carbamates (subject to hydrolysis) is 1. The highest BCUT2D eigenvalue weighted by Gasteiger charge is 2.22. The van der Waals surface area contributed by atoms with Gasteiger partial charge >= 0.3 is 6.09 Å². The van der Waals surface area contributed by atoms with Crippen molar-refractivity contribution in [2.45, 2.75) is 25.6 Å². The van der Waals surface area contributed by atoms with Crippen molar-refractivity contribution < 1.29 is 23.5 Å². The molecule has 1 atom stereocenters. The predicted octanol–water partition coefficient (Wildman–Crippen LogP) is 4.03. The van der Waals surface area contributed by atoms with Crippen molar-refractivity contribution in [3.63, 3.8) is 0 Å². The number of amides is 2. The Balaban J connectivity index is 1.13. The predicted molar refractivity (Wildman–Crippen MR) is 122 cm³/mol. The number of carbonyl (C=O) groups is 2. The van der Waals surface area contributed by atoms with Crippen molar-refractivity contribution in [1.82, 2.24) is 10.6 Å². The first-order valence-electron chi connectivity index (χ1n) is 10.8. The first-order valence-corrected chi connectivity index (χ1v) is 10.8. The summed E-state index contributed by atoms with van der Waals surface area (Å²) >= 11 is 0. The molecule has 2 amide bonds. The summed E-state index contributed by atoms with van der Waals surface area (Å²) in [4.78, 5) is 24.1. The van der Waals surface area contributed by atoms with E-state index in [0.29, 0.717) is 25.1 Å². The Kier molecular flexibility index (Phi) is 7.19. The lowest BCUT2D eigenvalue weighted by molar-refractivity contribution is 0.0954. The molecule has 0 saturated heterocycles. The normalized spacial score (nSPS) is 14.2. The topological polar surface area (TPSA) is 76.7 Å². The van der Waals surface area contributed by atoms with Crippen LogP contribution in [0.4, 0.5) is 9.18 Å². The molecule has 1 aliphatic rings. The van der Waals surface area contributed by atoms with Crippen LogP contribution in [0.1, 0.15) is 27.0 Å². The molecule has 0 aliphatic carbocycles. The number of carbonyl (C=O) groups excluding carboxylic acids is 2. The number of para-hydroxylation sites is 1. The summed E-state index contributed by atoms with van der Waals surface area (Å²) in [6.07, 6.45) is 0.848. The number of ether oxygens (including phenoxy) is 2. The van der Waals surface area contributed by atoms with Gasteiger partial charge in [0.25, 0.3) is 5.91 Å². The smallest absolute Gasteiger partial charge is 0.407 e. The van der Waals surface area contributed by atoms with Crippen LogP contribution >= 0.6 is 0 Å². The number of rotatable bonds is 8. The summed E-state index contributed by atoms with van der Waals surface area (Å²) in [7, 11) is 0. The average molecular weight is 448 g/mol. The van der Waals surface area contributed by atoms with Crippen molar-refractivity contribution in [3.05, 3.63) is 101 Å². The van der Waals surface area contributed by atoms with E-state index in [1.807, 2.05) is 48.5 Å². The lowest BCUT2D eigenvalue weighted by Gasteiger charge is -2.12. The average Bonchev–Trinajstić information content (AvgIpc) is 3.26. The van der Waals surface area contributed by atoms with Gasteiger partial charge in [-0.15, -0.1) is 0 Å². The Hall–Kier alpha value is -3.87. The summed E-state index contributed by atoms with van der Waals surface area (Å²) < 4.78 is 24.0. The molecule has 0 aromatic heterocycles. The Bertz CT molecular complexity index is 1080. The summed E-state index contributed by atoms with van der Waals surface area (Å²) in [6, 6.07) is 20.9. The van der Waals surface area contributed by atoms with Gasteiger partial charge in [0.15, 0.2) is 0 Å². The molecule has 0 saturated carbocycles. The van der Waals surface area contributed by atoms with Crippen LogP contribution in [-0.2, 0) is 24.2 Å². The van der Waals surface area contributed by atoms with Crippen LogP contribution < -0.4 is 15.4 Å². The molecule has 6 nitrogen and oxygen atoms in total. The van der Waals surface area contributed by atoms with Gasteiger partial charge in [-0.05, 0) is 53.4 Å². The largest absolute Gasteiger partial charge is 0.488 e. The fraction of sp³-hybridized carbons (Fsp3) is 0.231. The van der Waals surface area contributed by atoms with E-state index in [1.165, 1.54) is 24.3 Å². The number of nitrogens with one attached hydrogen (secondary N) is 2. The Morgan fingerprint density at radius 3 is 2.42 bits per heavy atom. The molecule has 33 heavy (non-hydrogen) atoms. The number of fused-ring (bicyclic) bond motifs is 1. The fourth-order valence-corrected chi connectivity index (χ4v) is 3.59. The zero-order valence-corrected chi connectivity index (χ0v) is 18.1. The van der Waals surface area contributed by atoms with Gasteiger partial charge in [-0.25, -0.2) is 9.18 Å². The van der Waals surface area contributed by atoms with Crippen LogP contribution in [0.5, 0.6) is 5.75 Å². The highest BCUT2D eigenvalue weighted by molar-refractivity contribution is 5.94. The maximum atomic E-state index is 12.9. The molecular weight excluding hydrogens is 423 g/mol. The van der Waals surface area contributed by atoms with Crippen molar-refractivity contribution in [1.29, 1.82) is 0 Å². The zero-order chi connectivity index (χ0) is 23.0. The van der Waals surface area contributed by atoms with E-state index in [1.54, 1.807) is 0 Å². The van der Waals surface area contributed by atoms with Crippen LogP contribution in [0.25, 0.3) is 0 Å². The van der Waals surface area contributed by atoms with Gasteiger partial charge in [-0.2, -0.15) is 0 Å². The molecule has 0 radical (unpaired) electrons. The van der Waals surface area contributed by atoms with E-state index >= 15 is 0 Å². The van der Waals surface area contributed by atoms with Gasteiger partial charge < -0.3 is 20.1 Å². The first kappa shape index (κ1) is 22.3. The summed E-state index contributed by atoms with van der Waals surface area (Å²) in [5, 5.41) is 5.56. The van der Waals surface area contributed by atoms with Gasteiger partial charge in [-0.1, -0.05) is 42.5 Å². The second kappa shape index (κ2) is 10.6. The minimum absolute atomic E-state index is 0.0854. The van der Waals surface area contributed by atoms with Crippen LogP contribution in [0.3, 0.4) is 0 Å². The Labute approximate surface area is 191 Å². The van der Waals surface area contributed by atoms with Crippen LogP contribution in [-0.4, -0.2) is 31.2 Å². The van der Waals surface area contributed by atoms with Gasteiger partial charge in [-0.3, -0.25) is 4.79 Å². The maximum Gasteiger partial charge on any atom is 0.407 e. The second-order valence-corrected chi connectivity index (χ2v) is 7.84. The van der Waals surface area contributed by atoms with E-state index in [9.17, 15) is 14.0 Å². The number of hydrogen-bond acceptors (Lipinski definition) is 4. The van der Waals surface area contributed by atoms with E-state index < -0.39 is 6.09 Å². The molecule has 2 N–H and O–H groups in total. The third kappa shape index (κ3) is 6.32. The summed E-state index contributed by atoms with van der Waals surface area (Å²) in [5.74, 6) is 0.257. The van der Waals surface area contributed by atoms with Crippen LogP contribution in [0, 0.1) is 5.82 Å². The van der Waals surface area contributed by atoms with Crippen molar-refractivity contribution in [2.24, 2.45) is 0 Å². The van der Waals surface area contributed by atoms with Gasteiger partial charge in [0.2, 0.25) is 0 Å². The molecule has 3 aromatic carbocycles. The highest BCUT2D eigenvalue weighted by Crippen LogP contribution is 2.27. The van der Waals surface area contributed by atoms with Crippen molar-refractivity contribution in [2.75, 3.05) is 13.1 Å². The minimum atomic E-state index is -0.484.